The zero-order chi connectivity index (χ0) is 10.0. The van der Waals surface area contributed by atoms with Crippen molar-refractivity contribution in [3.63, 3.8) is 0 Å². The summed E-state index contributed by atoms with van der Waals surface area (Å²) in [6, 6.07) is 1.65. The molecule has 0 radical (unpaired) electrons. The molecule has 0 spiro atoms. The average Bonchev–Trinajstić information content (AvgIpc) is 2.29. The van der Waals surface area contributed by atoms with Gasteiger partial charge in [-0.1, -0.05) is 0 Å². The summed E-state index contributed by atoms with van der Waals surface area (Å²) >= 11 is 1.07. The number of anilines is 1. The Labute approximate surface area is 81.5 Å². The van der Waals surface area contributed by atoms with Gasteiger partial charge in [-0.25, -0.2) is 8.42 Å². The van der Waals surface area contributed by atoms with Crippen LogP contribution in [0.15, 0.2) is 10.3 Å². The summed E-state index contributed by atoms with van der Waals surface area (Å²) in [4.78, 5) is 10.6. The van der Waals surface area contributed by atoms with Gasteiger partial charge in [0.15, 0.2) is 10.7 Å². The number of carbonyl (C=O) groups is 1. The van der Waals surface area contributed by atoms with E-state index in [9.17, 15) is 13.2 Å². The molecule has 4 nitrogen and oxygen atoms in total. The zero-order valence-electron chi connectivity index (χ0n) is 7.16. The molecule has 6 heteroatoms. The molecule has 0 fully saturated rings. The highest BCUT2D eigenvalue weighted by Crippen LogP contribution is 2.27. The molecule has 0 atom stereocenters. The number of carbonyl (C=O) groups excluding carboxylic acids is 1. The molecule has 0 saturated carbocycles. The van der Waals surface area contributed by atoms with Gasteiger partial charge in [0.25, 0.3) is 0 Å². The molecule has 1 N–H and O–H groups in total. The van der Waals surface area contributed by atoms with E-state index in [4.69, 9.17) is 0 Å². The van der Waals surface area contributed by atoms with Crippen molar-refractivity contribution in [1.82, 2.24) is 0 Å². The third-order valence-electron chi connectivity index (χ3n) is 1.36. The molecule has 0 aromatic carbocycles. The van der Waals surface area contributed by atoms with Gasteiger partial charge in [0.05, 0.1) is 5.00 Å². The molecule has 72 valence electrons. The zero-order valence-corrected chi connectivity index (χ0v) is 8.87. The summed E-state index contributed by atoms with van der Waals surface area (Å²) in [5.74, 6) is -0.200. The molecule has 0 aliphatic heterocycles. The summed E-state index contributed by atoms with van der Waals surface area (Å²) in [5.41, 5.74) is 0.671. The van der Waals surface area contributed by atoms with Crippen LogP contribution in [0.2, 0.25) is 0 Å². The van der Waals surface area contributed by atoms with Gasteiger partial charge in [-0.05, 0) is 18.6 Å². The van der Waals surface area contributed by atoms with Gasteiger partial charge in [-0.15, -0.1) is 11.3 Å². The van der Waals surface area contributed by atoms with Crippen molar-refractivity contribution in [3.8, 4) is 0 Å². The van der Waals surface area contributed by atoms with Crippen molar-refractivity contribution in [3.05, 3.63) is 11.6 Å². The van der Waals surface area contributed by atoms with Crippen molar-refractivity contribution >= 4 is 32.9 Å². The van der Waals surface area contributed by atoms with Gasteiger partial charge in [0.1, 0.15) is 4.21 Å². The van der Waals surface area contributed by atoms with E-state index in [2.05, 4.69) is 5.32 Å². The third kappa shape index (κ3) is 2.53. The SMILES string of the molecule is CC(=O)Nc1cc(C)c([SH](=O)=O)s1. The molecule has 1 rings (SSSR count). The van der Waals surface area contributed by atoms with Crippen LogP contribution >= 0.6 is 11.3 Å². The highest BCUT2D eigenvalue weighted by atomic mass is 32.2. The molecule has 1 aromatic heterocycles. The van der Waals surface area contributed by atoms with Crippen LogP contribution in [0, 0.1) is 6.92 Å². The highest BCUT2D eigenvalue weighted by molar-refractivity contribution is 7.75. The van der Waals surface area contributed by atoms with Crippen LogP contribution in [-0.4, -0.2) is 14.3 Å². The van der Waals surface area contributed by atoms with Crippen LogP contribution in [0.5, 0.6) is 0 Å². The smallest absolute Gasteiger partial charge is 0.221 e. The first kappa shape index (κ1) is 10.2. The van der Waals surface area contributed by atoms with Gasteiger partial charge in [-0.2, -0.15) is 0 Å². The van der Waals surface area contributed by atoms with Crippen molar-refractivity contribution in [1.29, 1.82) is 0 Å². The topological polar surface area (TPSA) is 63.2 Å². The Bertz CT molecular complexity index is 398. The van der Waals surface area contributed by atoms with Crippen molar-refractivity contribution in [2.75, 3.05) is 5.32 Å². The molecule has 1 aromatic rings. The van der Waals surface area contributed by atoms with Crippen molar-refractivity contribution in [2.45, 2.75) is 18.1 Å². The molecular weight excluding hydrogens is 210 g/mol. The van der Waals surface area contributed by atoms with Crippen LogP contribution in [-0.2, 0) is 15.5 Å². The van der Waals surface area contributed by atoms with Crippen molar-refractivity contribution in [2.24, 2.45) is 0 Å². The van der Waals surface area contributed by atoms with Crippen LogP contribution < -0.4 is 5.32 Å². The first-order valence-electron chi connectivity index (χ1n) is 3.53. The van der Waals surface area contributed by atoms with Gasteiger partial charge < -0.3 is 5.32 Å². The van der Waals surface area contributed by atoms with Crippen LogP contribution in [0.4, 0.5) is 5.00 Å². The molecule has 1 heterocycles. The molecule has 0 aliphatic rings. The number of thiol groups is 1. The average molecular weight is 219 g/mol. The van der Waals surface area contributed by atoms with Gasteiger partial charge in [-0.3, -0.25) is 4.79 Å². The minimum absolute atomic E-state index is 0.200. The Balaban J connectivity index is 3.02. The number of rotatable bonds is 2. The van der Waals surface area contributed by atoms with Crippen LogP contribution in [0.25, 0.3) is 0 Å². The minimum atomic E-state index is -2.55. The number of nitrogens with one attached hydrogen (secondary N) is 1. The lowest BCUT2D eigenvalue weighted by molar-refractivity contribution is -0.114. The van der Waals surface area contributed by atoms with E-state index in [1.165, 1.54) is 6.92 Å². The number of hydrogen-bond donors (Lipinski definition) is 2. The summed E-state index contributed by atoms with van der Waals surface area (Å²) < 4.78 is 21.6. The Morgan fingerprint density at radius 2 is 2.15 bits per heavy atom. The lowest BCUT2D eigenvalue weighted by atomic mass is 10.4. The Morgan fingerprint density at radius 3 is 2.54 bits per heavy atom. The molecular formula is C7H9NO3S2. The van der Waals surface area contributed by atoms with E-state index in [0.29, 0.717) is 14.8 Å². The van der Waals surface area contributed by atoms with Crippen LogP contribution in [0.1, 0.15) is 12.5 Å². The number of thiophene rings is 1. The van der Waals surface area contributed by atoms with E-state index in [0.717, 1.165) is 11.3 Å². The van der Waals surface area contributed by atoms with Crippen molar-refractivity contribution < 1.29 is 13.2 Å². The third-order valence-corrected chi connectivity index (χ3v) is 3.72. The number of hydrogen-bond acceptors (Lipinski definition) is 4. The fourth-order valence-corrected chi connectivity index (χ4v) is 2.69. The summed E-state index contributed by atoms with van der Waals surface area (Å²) in [6.45, 7) is 3.08. The molecule has 0 saturated heterocycles. The van der Waals surface area contributed by atoms with E-state index in [-0.39, 0.29) is 5.91 Å². The maximum Gasteiger partial charge on any atom is 0.221 e. The summed E-state index contributed by atoms with van der Waals surface area (Å²) in [6.07, 6.45) is 0. The fourth-order valence-electron chi connectivity index (χ4n) is 0.889. The lowest BCUT2D eigenvalue weighted by Crippen LogP contribution is -2.03. The number of amides is 1. The maximum atomic E-state index is 10.7. The highest BCUT2D eigenvalue weighted by Gasteiger charge is 2.07. The standard InChI is InChI=1S/C7H9NO3S2/c1-4-3-6(8-5(2)9)12-7(4)13(10)11/h3,13H,1-2H3,(H,8,9). The lowest BCUT2D eigenvalue weighted by Gasteiger charge is -1.93. The van der Waals surface area contributed by atoms with E-state index in [1.807, 2.05) is 0 Å². The Morgan fingerprint density at radius 1 is 1.54 bits per heavy atom. The van der Waals surface area contributed by atoms with Gasteiger partial charge in [0, 0.05) is 6.92 Å². The van der Waals surface area contributed by atoms with E-state index < -0.39 is 10.7 Å². The second kappa shape index (κ2) is 3.89. The molecule has 13 heavy (non-hydrogen) atoms. The predicted molar refractivity (Wildman–Crippen MR) is 51.9 cm³/mol. The normalized spacial score (nSPS) is 10.4. The Kier molecular flexibility index (Phi) is 3.05. The quantitative estimate of drug-likeness (QED) is 0.729. The summed E-state index contributed by atoms with van der Waals surface area (Å²) in [7, 11) is -2.55. The fraction of sp³-hybridized carbons (Fsp3) is 0.286. The predicted octanol–water partition coefficient (Wildman–Crippen LogP) is 0.985. The second-order valence-electron chi connectivity index (χ2n) is 2.54. The number of aryl methyl sites for hydroxylation is 1. The second-order valence-corrected chi connectivity index (χ2v) is 4.85. The van der Waals surface area contributed by atoms with E-state index >= 15 is 0 Å². The Hall–Kier alpha value is -0.880. The van der Waals surface area contributed by atoms with Crippen LogP contribution in [0.3, 0.4) is 0 Å². The minimum Gasteiger partial charge on any atom is -0.318 e. The molecule has 0 bridgehead atoms. The molecule has 0 aliphatic carbocycles. The monoisotopic (exact) mass is 219 g/mol. The maximum absolute atomic E-state index is 10.7. The first-order valence-corrected chi connectivity index (χ1v) is 5.52. The van der Waals surface area contributed by atoms with Gasteiger partial charge in [0.2, 0.25) is 5.91 Å². The van der Waals surface area contributed by atoms with Gasteiger partial charge >= 0.3 is 0 Å². The molecule has 1 amide bonds. The largest absolute Gasteiger partial charge is 0.318 e. The summed E-state index contributed by atoms with van der Waals surface area (Å²) in [5, 5.41) is 3.10. The van der Waals surface area contributed by atoms with E-state index in [1.54, 1.807) is 13.0 Å². The molecule has 0 unspecified atom stereocenters. The first-order chi connectivity index (χ1) is 6.00.